The number of hydrogen-bond donors (Lipinski definition) is 1. The third kappa shape index (κ3) is 1.31. The molecule has 1 saturated carbocycles. The van der Waals surface area contributed by atoms with Gasteiger partial charge in [0.2, 0.25) is 0 Å². The minimum absolute atomic E-state index is 0.788. The van der Waals surface area contributed by atoms with Crippen molar-refractivity contribution in [2.75, 3.05) is 12.4 Å². The Bertz CT molecular complexity index is 550. The summed E-state index contributed by atoms with van der Waals surface area (Å²) in [6, 6.07) is 4.57. The maximum atomic E-state index is 4.56. The van der Waals surface area contributed by atoms with Crippen LogP contribution in [0.25, 0.3) is 10.9 Å². The number of rotatable bonds is 2. The maximum absolute atomic E-state index is 4.56. The van der Waals surface area contributed by atoms with Gasteiger partial charge in [0.05, 0.1) is 5.69 Å². The van der Waals surface area contributed by atoms with Gasteiger partial charge in [-0.15, -0.1) is 0 Å². The van der Waals surface area contributed by atoms with E-state index in [1.807, 2.05) is 18.8 Å². The summed E-state index contributed by atoms with van der Waals surface area (Å²) in [6.45, 7) is 2.13. The first-order valence-electron chi connectivity index (χ1n) is 5.85. The molecule has 0 unspecified atom stereocenters. The molecule has 1 N–H and O–H groups in total. The zero-order chi connectivity index (χ0) is 11.3. The van der Waals surface area contributed by atoms with Crippen LogP contribution in [0.5, 0.6) is 0 Å². The summed E-state index contributed by atoms with van der Waals surface area (Å²) in [6.07, 6.45) is 2.68. The fourth-order valence-electron chi connectivity index (χ4n) is 2.28. The van der Waals surface area contributed by atoms with E-state index in [0.717, 1.165) is 17.1 Å². The second-order valence-electron chi connectivity index (χ2n) is 4.70. The van der Waals surface area contributed by atoms with Crippen LogP contribution in [0.2, 0.25) is 0 Å². The van der Waals surface area contributed by atoms with Crippen molar-refractivity contribution in [3.63, 3.8) is 0 Å². The molecule has 1 aromatic carbocycles. The minimum atomic E-state index is 0.788. The van der Waals surface area contributed by atoms with Crippen molar-refractivity contribution < 1.29 is 0 Å². The highest BCUT2D eigenvalue weighted by atomic mass is 15.3. The molecule has 0 saturated heterocycles. The Balaban J connectivity index is 2.30. The zero-order valence-corrected chi connectivity index (χ0v) is 10.0. The van der Waals surface area contributed by atoms with E-state index in [9.17, 15) is 0 Å². The van der Waals surface area contributed by atoms with Crippen molar-refractivity contribution in [1.82, 2.24) is 9.78 Å². The Morgan fingerprint density at radius 3 is 2.75 bits per heavy atom. The van der Waals surface area contributed by atoms with Gasteiger partial charge in [-0.2, -0.15) is 5.10 Å². The minimum Gasteiger partial charge on any atom is -0.386 e. The topological polar surface area (TPSA) is 29.9 Å². The maximum Gasteiger partial charge on any atom is 0.116 e. The Labute approximate surface area is 95.5 Å². The standard InChI is InChI=1S/C13H17N3/c1-8-11-6-10(9-4-5-9)7-12(14-2)13(11)15-16(8)3/h6-7,9,14H,4-5H2,1-3H3. The highest BCUT2D eigenvalue weighted by molar-refractivity contribution is 5.93. The number of aromatic nitrogens is 2. The molecule has 0 bridgehead atoms. The molecule has 84 valence electrons. The van der Waals surface area contributed by atoms with Crippen LogP contribution < -0.4 is 5.32 Å². The van der Waals surface area contributed by atoms with E-state index in [1.165, 1.54) is 29.5 Å². The number of aryl methyl sites for hydroxylation is 2. The fraction of sp³-hybridized carbons (Fsp3) is 0.462. The van der Waals surface area contributed by atoms with Crippen LogP contribution in [-0.2, 0) is 7.05 Å². The monoisotopic (exact) mass is 215 g/mol. The molecule has 16 heavy (non-hydrogen) atoms. The SMILES string of the molecule is CNc1cc(C2CC2)cc2c(C)n(C)nc12. The van der Waals surface area contributed by atoms with Crippen LogP contribution in [0, 0.1) is 6.92 Å². The second kappa shape index (κ2) is 3.24. The quantitative estimate of drug-likeness (QED) is 0.834. The van der Waals surface area contributed by atoms with E-state index in [2.05, 4.69) is 29.5 Å². The van der Waals surface area contributed by atoms with Gasteiger partial charge in [0.15, 0.2) is 0 Å². The van der Waals surface area contributed by atoms with Crippen molar-refractivity contribution in [2.45, 2.75) is 25.7 Å². The van der Waals surface area contributed by atoms with Crippen LogP contribution >= 0.6 is 0 Å². The lowest BCUT2D eigenvalue weighted by Gasteiger charge is -2.05. The van der Waals surface area contributed by atoms with Gasteiger partial charge in [-0.25, -0.2) is 0 Å². The molecule has 1 aromatic heterocycles. The van der Waals surface area contributed by atoms with Crippen LogP contribution in [0.4, 0.5) is 5.69 Å². The average molecular weight is 215 g/mol. The van der Waals surface area contributed by atoms with Gasteiger partial charge in [0, 0.05) is 25.2 Å². The summed E-state index contributed by atoms with van der Waals surface area (Å²) in [4.78, 5) is 0. The third-order valence-electron chi connectivity index (χ3n) is 3.58. The molecule has 1 aliphatic carbocycles. The van der Waals surface area contributed by atoms with Crippen LogP contribution in [-0.4, -0.2) is 16.8 Å². The summed E-state index contributed by atoms with van der Waals surface area (Å²) in [7, 11) is 3.97. The van der Waals surface area contributed by atoms with Gasteiger partial charge in [0.25, 0.3) is 0 Å². The largest absolute Gasteiger partial charge is 0.386 e. The van der Waals surface area contributed by atoms with E-state index in [0.29, 0.717) is 0 Å². The average Bonchev–Trinajstić information content (AvgIpc) is 3.08. The molecule has 3 heteroatoms. The highest BCUT2D eigenvalue weighted by Gasteiger charge is 2.25. The van der Waals surface area contributed by atoms with E-state index < -0.39 is 0 Å². The molecule has 3 nitrogen and oxygen atoms in total. The lowest BCUT2D eigenvalue weighted by molar-refractivity contribution is 0.751. The number of nitrogens with one attached hydrogen (secondary N) is 1. The predicted molar refractivity (Wildman–Crippen MR) is 67.0 cm³/mol. The van der Waals surface area contributed by atoms with Crippen LogP contribution in [0.3, 0.4) is 0 Å². The second-order valence-corrected chi connectivity index (χ2v) is 4.70. The van der Waals surface area contributed by atoms with Crippen molar-refractivity contribution in [2.24, 2.45) is 7.05 Å². The smallest absolute Gasteiger partial charge is 0.116 e. The van der Waals surface area contributed by atoms with Crippen molar-refractivity contribution in [3.05, 3.63) is 23.4 Å². The molecule has 1 heterocycles. The van der Waals surface area contributed by atoms with E-state index in [4.69, 9.17) is 0 Å². The van der Waals surface area contributed by atoms with Crippen LogP contribution in [0.15, 0.2) is 12.1 Å². The first kappa shape index (κ1) is 9.70. The molecule has 0 radical (unpaired) electrons. The van der Waals surface area contributed by atoms with Crippen molar-refractivity contribution in [1.29, 1.82) is 0 Å². The number of nitrogens with zero attached hydrogens (tertiary/aromatic N) is 2. The van der Waals surface area contributed by atoms with Gasteiger partial charge in [-0.1, -0.05) is 0 Å². The lowest BCUT2D eigenvalue weighted by atomic mass is 10.1. The molecular weight excluding hydrogens is 198 g/mol. The van der Waals surface area contributed by atoms with E-state index in [1.54, 1.807) is 0 Å². The molecule has 0 spiro atoms. The number of fused-ring (bicyclic) bond motifs is 1. The van der Waals surface area contributed by atoms with E-state index in [-0.39, 0.29) is 0 Å². The lowest BCUT2D eigenvalue weighted by Crippen LogP contribution is -1.93. The number of hydrogen-bond acceptors (Lipinski definition) is 2. The zero-order valence-electron chi connectivity index (χ0n) is 10.0. The molecule has 0 aliphatic heterocycles. The molecule has 0 atom stereocenters. The highest BCUT2D eigenvalue weighted by Crippen LogP contribution is 2.42. The van der Waals surface area contributed by atoms with Gasteiger partial charge in [-0.3, -0.25) is 4.68 Å². The van der Waals surface area contributed by atoms with Gasteiger partial charge < -0.3 is 5.32 Å². The van der Waals surface area contributed by atoms with Crippen molar-refractivity contribution >= 4 is 16.6 Å². The Hall–Kier alpha value is -1.51. The Morgan fingerprint density at radius 2 is 2.12 bits per heavy atom. The molecule has 1 fully saturated rings. The summed E-state index contributed by atoms with van der Waals surface area (Å²) in [5.74, 6) is 0.788. The van der Waals surface area contributed by atoms with E-state index >= 15 is 0 Å². The number of benzene rings is 1. The number of anilines is 1. The summed E-state index contributed by atoms with van der Waals surface area (Å²) in [5.41, 5.74) is 4.96. The van der Waals surface area contributed by atoms with Crippen LogP contribution in [0.1, 0.15) is 30.0 Å². The molecular formula is C13H17N3. The molecule has 1 aliphatic rings. The summed E-state index contributed by atoms with van der Waals surface area (Å²) in [5, 5.41) is 9.10. The van der Waals surface area contributed by atoms with Gasteiger partial charge >= 0.3 is 0 Å². The summed E-state index contributed by atoms with van der Waals surface area (Å²) >= 11 is 0. The first-order valence-corrected chi connectivity index (χ1v) is 5.85. The Kier molecular flexibility index (Phi) is 1.96. The third-order valence-corrected chi connectivity index (χ3v) is 3.58. The Morgan fingerprint density at radius 1 is 1.38 bits per heavy atom. The van der Waals surface area contributed by atoms with Gasteiger partial charge in [0.1, 0.15) is 5.52 Å². The van der Waals surface area contributed by atoms with Gasteiger partial charge in [-0.05, 0) is 43.4 Å². The molecule has 3 rings (SSSR count). The molecule has 0 amide bonds. The normalized spacial score (nSPS) is 15.7. The first-order chi connectivity index (χ1) is 7.70. The van der Waals surface area contributed by atoms with Crippen molar-refractivity contribution in [3.8, 4) is 0 Å². The fourth-order valence-corrected chi connectivity index (χ4v) is 2.28. The summed E-state index contributed by atoms with van der Waals surface area (Å²) < 4.78 is 1.96. The predicted octanol–water partition coefficient (Wildman–Crippen LogP) is 2.80. The molecule has 2 aromatic rings.